The second-order valence-electron chi connectivity index (χ2n) is 5.69. The van der Waals surface area contributed by atoms with Crippen molar-refractivity contribution in [1.29, 1.82) is 0 Å². The molecule has 0 spiro atoms. The number of rotatable bonds is 5. The van der Waals surface area contributed by atoms with Gasteiger partial charge in [-0.1, -0.05) is 0 Å². The highest BCUT2D eigenvalue weighted by Gasteiger charge is 2.32. The molecule has 2 N–H and O–H groups in total. The van der Waals surface area contributed by atoms with Gasteiger partial charge in [-0.3, -0.25) is 0 Å². The molecule has 23 heavy (non-hydrogen) atoms. The molecule has 9 heteroatoms. The minimum absolute atomic E-state index is 0.0516. The molecular weight excluding hydrogens is 340 g/mol. The maximum absolute atomic E-state index is 12.9. The predicted molar refractivity (Wildman–Crippen MR) is 86.6 cm³/mol. The average molecular weight is 362 g/mol. The number of sulfone groups is 1. The highest BCUT2D eigenvalue weighted by molar-refractivity contribution is 7.91. The Labute approximate surface area is 137 Å². The van der Waals surface area contributed by atoms with E-state index >= 15 is 0 Å². The number of hydrogen-bond acceptors (Lipinski definition) is 6. The predicted octanol–water partition coefficient (Wildman–Crippen LogP) is 0.458. The Morgan fingerprint density at radius 1 is 1.30 bits per heavy atom. The van der Waals surface area contributed by atoms with Crippen molar-refractivity contribution < 1.29 is 21.6 Å². The third-order valence-electron chi connectivity index (χ3n) is 4.00. The summed E-state index contributed by atoms with van der Waals surface area (Å²) in [6, 6.07) is 3.87. The first kappa shape index (κ1) is 18.2. The van der Waals surface area contributed by atoms with E-state index in [2.05, 4.69) is 0 Å². The molecule has 0 bridgehead atoms. The molecule has 2 rings (SSSR count). The number of ether oxygens (including phenoxy) is 1. The molecule has 1 aromatic rings. The minimum atomic E-state index is -3.84. The molecule has 0 aromatic heterocycles. The summed E-state index contributed by atoms with van der Waals surface area (Å²) >= 11 is 0. The fraction of sp³-hybridized carbons (Fsp3) is 0.571. The van der Waals surface area contributed by atoms with Gasteiger partial charge in [0.05, 0.1) is 12.0 Å². The van der Waals surface area contributed by atoms with Gasteiger partial charge in [0, 0.05) is 19.3 Å². The van der Waals surface area contributed by atoms with Crippen LogP contribution < -0.4 is 10.5 Å². The third-order valence-corrected chi connectivity index (χ3v) is 6.99. The maximum Gasteiger partial charge on any atom is 0.246 e. The van der Waals surface area contributed by atoms with Gasteiger partial charge in [0.25, 0.3) is 0 Å². The molecule has 1 heterocycles. The minimum Gasteiger partial charge on any atom is -0.495 e. The van der Waals surface area contributed by atoms with Crippen LogP contribution in [0.2, 0.25) is 0 Å². The van der Waals surface area contributed by atoms with Crippen molar-refractivity contribution in [2.75, 3.05) is 33.0 Å². The average Bonchev–Trinajstić information content (AvgIpc) is 2.53. The van der Waals surface area contributed by atoms with Gasteiger partial charge in [-0.05, 0) is 43.5 Å². The third kappa shape index (κ3) is 3.85. The molecule has 1 aliphatic heterocycles. The number of methoxy groups -OCH3 is 1. The van der Waals surface area contributed by atoms with E-state index in [0.29, 0.717) is 19.6 Å². The number of sulfonamides is 1. The van der Waals surface area contributed by atoms with E-state index in [4.69, 9.17) is 10.5 Å². The molecule has 130 valence electrons. The summed E-state index contributed by atoms with van der Waals surface area (Å²) in [7, 11) is -6.00. The molecule has 1 aromatic carbocycles. The lowest BCUT2D eigenvalue weighted by molar-refractivity contribution is 0.270. The van der Waals surface area contributed by atoms with E-state index in [0.717, 1.165) is 25.2 Å². The van der Waals surface area contributed by atoms with E-state index in [1.165, 1.54) is 23.5 Å². The molecule has 0 saturated carbocycles. The van der Waals surface area contributed by atoms with Crippen LogP contribution in [0.4, 0.5) is 0 Å². The standard InChI is InChI=1S/C14H22N2O5S2/c1-21-13-6-5-12(22(2,17)18)8-14(13)23(19,20)16-7-3-4-11(9-15)10-16/h5-6,8,11H,3-4,7,9-10,15H2,1-2H3. The van der Waals surface area contributed by atoms with Crippen LogP contribution in [0.3, 0.4) is 0 Å². The van der Waals surface area contributed by atoms with Crippen molar-refractivity contribution in [1.82, 2.24) is 4.31 Å². The Kier molecular flexibility index (Phi) is 5.34. The fourth-order valence-electron chi connectivity index (χ4n) is 2.67. The number of hydrogen-bond donors (Lipinski definition) is 1. The lowest BCUT2D eigenvalue weighted by Gasteiger charge is -2.31. The van der Waals surface area contributed by atoms with Crippen LogP contribution in [0.5, 0.6) is 5.75 Å². The molecule has 1 fully saturated rings. The Balaban J connectivity index is 2.49. The van der Waals surface area contributed by atoms with E-state index < -0.39 is 19.9 Å². The quantitative estimate of drug-likeness (QED) is 0.815. The van der Waals surface area contributed by atoms with Crippen molar-refractivity contribution >= 4 is 19.9 Å². The lowest BCUT2D eigenvalue weighted by atomic mass is 10.0. The summed E-state index contributed by atoms with van der Waals surface area (Å²) in [5.41, 5.74) is 5.66. The van der Waals surface area contributed by atoms with Crippen molar-refractivity contribution in [2.45, 2.75) is 22.6 Å². The van der Waals surface area contributed by atoms with E-state index in [1.807, 2.05) is 0 Å². The molecule has 0 amide bonds. The molecule has 0 radical (unpaired) electrons. The van der Waals surface area contributed by atoms with Crippen molar-refractivity contribution in [2.24, 2.45) is 11.7 Å². The van der Waals surface area contributed by atoms with Gasteiger partial charge >= 0.3 is 0 Å². The van der Waals surface area contributed by atoms with E-state index in [9.17, 15) is 16.8 Å². The largest absolute Gasteiger partial charge is 0.495 e. The summed E-state index contributed by atoms with van der Waals surface area (Å²) in [4.78, 5) is -0.176. The summed E-state index contributed by atoms with van der Waals surface area (Å²) in [5.74, 6) is 0.245. The van der Waals surface area contributed by atoms with Crippen molar-refractivity contribution in [3.05, 3.63) is 18.2 Å². The zero-order chi connectivity index (χ0) is 17.3. The fourth-order valence-corrected chi connectivity index (χ4v) is 5.12. The second-order valence-corrected chi connectivity index (χ2v) is 9.61. The Morgan fingerprint density at radius 3 is 2.57 bits per heavy atom. The number of nitrogens with two attached hydrogens (primary N) is 1. The van der Waals surface area contributed by atoms with Gasteiger partial charge in [-0.25, -0.2) is 16.8 Å². The van der Waals surface area contributed by atoms with Gasteiger partial charge in [-0.15, -0.1) is 0 Å². The summed E-state index contributed by atoms with van der Waals surface area (Å²) in [5, 5.41) is 0. The monoisotopic (exact) mass is 362 g/mol. The van der Waals surface area contributed by atoms with Crippen LogP contribution in [0.15, 0.2) is 28.0 Å². The smallest absolute Gasteiger partial charge is 0.246 e. The number of piperidine rings is 1. The summed E-state index contributed by atoms with van der Waals surface area (Å²) in [6.07, 6.45) is 2.66. The zero-order valence-corrected chi connectivity index (χ0v) is 14.9. The Morgan fingerprint density at radius 2 is 2.00 bits per heavy atom. The first-order valence-corrected chi connectivity index (χ1v) is 10.6. The number of benzene rings is 1. The van der Waals surface area contributed by atoms with E-state index in [1.54, 1.807) is 0 Å². The zero-order valence-electron chi connectivity index (χ0n) is 13.2. The van der Waals surface area contributed by atoms with Crippen LogP contribution in [0.25, 0.3) is 0 Å². The van der Waals surface area contributed by atoms with Crippen LogP contribution in [-0.4, -0.2) is 54.1 Å². The van der Waals surface area contributed by atoms with Gasteiger partial charge in [0.1, 0.15) is 10.6 Å². The van der Waals surface area contributed by atoms with Crippen LogP contribution in [0, 0.1) is 5.92 Å². The van der Waals surface area contributed by atoms with Gasteiger partial charge in [0.2, 0.25) is 10.0 Å². The van der Waals surface area contributed by atoms with Gasteiger partial charge in [-0.2, -0.15) is 4.31 Å². The van der Waals surface area contributed by atoms with Crippen LogP contribution in [0.1, 0.15) is 12.8 Å². The summed E-state index contributed by atoms with van der Waals surface area (Å²) < 4.78 is 55.8. The van der Waals surface area contributed by atoms with Crippen LogP contribution in [-0.2, 0) is 19.9 Å². The van der Waals surface area contributed by atoms with Gasteiger partial charge < -0.3 is 10.5 Å². The van der Waals surface area contributed by atoms with E-state index in [-0.39, 0.29) is 21.5 Å². The molecule has 1 atom stereocenters. The molecule has 1 unspecified atom stereocenters. The SMILES string of the molecule is COc1ccc(S(C)(=O)=O)cc1S(=O)(=O)N1CCCC(CN)C1. The molecular formula is C14H22N2O5S2. The van der Waals surface area contributed by atoms with Crippen molar-refractivity contribution in [3.8, 4) is 5.75 Å². The molecule has 1 aliphatic rings. The molecule has 1 saturated heterocycles. The summed E-state index contributed by atoms with van der Waals surface area (Å²) in [6.45, 7) is 1.16. The molecule has 7 nitrogen and oxygen atoms in total. The highest BCUT2D eigenvalue weighted by Crippen LogP contribution is 2.31. The topological polar surface area (TPSA) is 107 Å². The highest BCUT2D eigenvalue weighted by atomic mass is 32.2. The van der Waals surface area contributed by atoms with Gasteiger partial charge in [0.15, 0.2) is 9.84 Å². The van der Waals surface area contributed by atoms with Crippen LogP contribution >= 0.6 is 0 Å². The maximum atomic E-state index is 12.9. The molecule has 0 aliphatic carbocycles. The second kappa shape index (κ2) is 6.76. The Hall–Kier alpha value is -1.16. The van der Waals surface area contributed by atoms with Crippen molar-refractivity contribution in [3.63, 3.8) is 0 Å². The normalized spacial score (nSPS) is 20.4. The first-order valence-electron chi connectivity index (χ1n) is 7.28. The first-order chi connectivity index (χ1) is 10.7. The Bertz CT molecular complexity index is 774. The lowest BCUT2D eigenvalue weighted by Crippen LogP contribution is -2.42. The number of nitrogens with zero attached hydrogens (tertiary/aromatic N) is 1.